The van der Waals surface area contributed by atoms with Gasteiger partial charge in [0.25, 0.3) is 0 Å². The molecule has 0 saturated carbocycles. The number of nitrogens with zero attached hydrogens (tertiary/aromatic N) is 1. The van der Waals surface area contributed by atoms with E-state index in [-0.39, 0.29) is 0 Å². The summed E-state index contributed by atoms with van der Waals surface area (Å²) < 4.78 is 0. The van der Waals surface area contributed by atoms with E-state index in [0.717, 1.165) is 0 Å². The lowest BCUT2D eigenvalue weighted by Gasteiger charge is -2.10. The van der Waals surface area contributed by atoms with Crippen LogP contribution in [-0.4, -0.2) is 17.1 Å². The molecule has 0 saturated heterocycles. The van der Waals surface area contributed by atoms with Gasteiger partial charge < -0.3 is 4.84 Å². The van der Waals surface area contributed by atoms with Gasteiger partial charge >= 0.3 is 0 Å². The van der Waals surface area contributed by atoms with Crippen LogP contribution in [0, 0.1) is 0 Å². The summed E-state index contributed by atoms with van der Waals surface area (Å²) in [5.41, 5.74) is -0.808. The minimum absolute atomic E-state index is 0.351. The van der Waals surface area contributed by atoms with Gasteiger partial charge in [0.15, 0.2) is 11.9 Å². The molecule has 0 aromatic heterocycles. The topological polar surface area (TPSA) is 38.7 Å². The fourth-order valence-corrected chi connectivity index (χ4v) is 0.871. The fraction of sp³-hybridized carbons (Fsp3) is 0.600. The minimum Gasteiger partial charge on any atom is -0.380 e. The lowest BCUT2D eigenvalue weighted by atomic mass is 10.1. The van der Waals surface area contributed by atoms with Gasteiger partial charge in [0.05, 0.1) is 6.42 Å². The number of rotatable bonds is 1. The van der Waals surface area contributed by atoms with Gasteiger partial charge in [-0.2, -0.15) is 0 Å². The van der Waals surface area contributed by atoms with Crippen molar-refractivity contribution in [3.63, 3.8) is 0 Å². The molecule has 50 valence electrons. The van der Waals surface area contributed by atoms with Gasteiger partial charge in [-0.15, -0.1) is 0 Å². The Morgan fingerprint density at radius 3 is 2.89 bits per heavy atom. The number of hydrogen-bond acceptors (Lipinski definition) is 3. The monoisotopic (exact) mass is 147 g/mol. The third-order valence-corrected chi connectivity index (χ3v) is 1.30. The van der Waals surface area contributed by atoms with Gasteiger partial charge in [0.2, 0.25) is 0 Å². The predicted molar refractivity (Wildman–Crippen MR) is 33.5 cm³/mol. The van der Waals surface area contributed by atoms with Gasteiger partial charge in [-0.05, 0) is 6.92 Å². The molecule has 1 unspecified atom stereocenters. The van der Waals surface area contributed by atoms with Crippen LogP contribution in [0.25, 0.3) is 0 Å². The Morgan fingerprint density at radius 1 is 2.00 bits per heavy atom. The Kier molecular flexibility index (Phi) is 1.45. The largest absolute Gasteiger partial charge is 0.380 e. The zero-order valence-corrected chi connectivity index (χ0v) is 5.68. The second-order valence-electron chi connectivity index (χ2n) is 2.17. The van der Waals surface area contributed by atoms with Crippen molar-refractivity contribution >= 4 is 23.1 Å². The van der Waals surface area contributed by atoms with Crippen LogP contribution >= 0.6 is 11.6 Å². The summed E-state index contributed by atoms with van der Waals surface area (Å²) in [5.74, 6) is 0. The van der Waals surface area contributed by atoms with Crippen LogP contribution in [0.2, 0.25) is 0 Å². The van der Waals surface area contributed by atoms with Gasteiger partial charge in [0, 0.05) is 0 Å². The molecule has 9 heavy (non-hydrogen) atoms. The summed E-state index contributed by atoms with van der Waals surface area (Å²) in [5, 5.41) is 3.76. The van der Waals surface area contributed by atoms with E-state index in [1.807, 2.05) is 0 Å². The highest BCUT2D eigenvalue weighted by Crippen LogP contribution is 2.21. The third-order valence-electron chi connectivity index (χ3n) is 1.10. The van der Waals surface area contributed by atoms with Crippen LogP contribution in [0.1, 0.15) is 13.3 Å². The summed E-state index contributed by atoms with van der Waals surface area (Å²) in [4.78, 5) is 14.9. The number of carbonyl (C=O) groups excluding carboxylic acids is 1. The van der Waals surface area contributed by atoms with Crippen LogP contribution in [-0.2, 0) is 9.63 Å². The van der Waals surface area contributed by atoms with Gasteiger partial charge in [-0.3, -0.25) is 4.79 Å². The highest BCUT2D eigenvalue weighted by molar-refractivity contribution is 6.65. The van der Waals surface area contributed by atoms with E-state index in [0.29, 0.717) is 17.9 Å². The molecule has 1 atom stereocenters. The SMILES string of the molecule is CC1(C=O)CC(Cl)=NO1. The average molecular weight is 148 g/mol. The van der Waals surface area contributed by atoms with Crippen LogP contribution in [0.3, 0.4) is 0 Å². The Morgan fingerprint density at radius 2 is 2.67 bits per heavy atom. The number of oxime groups is 1. The number of aldehydes is 1. The van der Waals surface area contributed by atoms with Crippen molar-refractivity contribution in [3.8, 4) is 0 Å². The first kappa shape index (κ1) is 6.55. The number of hydrogen-bond donors (Lipinski definition) is 0. The third kappa shape index (κ3) is 1.21. The molecule has 3 nitrogen and oxygen atoms in total. The molecule has 1 aliphatic heterocycles. The van der Waals surface area contributed by atoms with E-state index in [4.69, 9.17) is 11.6 Å². The van der Waals surface area contributed by atoms with Crippen molar-refractivity contribution in [2.75, 3.05) is 0 Å². The zero-order chi connectivity index (χ0) is 6.91. The van der Waals surface area contributed by atoms with Crippen molar-refractivity contribution in [1.29, 1.82) is 0 Å². The first-order valence-electron chi connectivity index (χ1n) is 2.53. The zero-order valence-electron chi connectivity index (χ0n) is 4.93. The highest BCUT2D eigenvalue weighted by Gasteiger charge is 2.32. The average Bonchev–Trinajstić information content (AvgIpc) is 2.13. The molecule has 0 N–H and O–H groups in total. The molecule has 0 amide bonds. The number of carbonyl (C=O) groups is 1. The smallest absolute Gasteiger partial charge is 0.196 e. The van der Waals surface area contributed by atoms with Crippen LogP contribution < -0.4 is 0 Å². The van der Waals surface area contributed by atoms with Crippen molar-refractivity contribution in [3.05, 3.63) is 0 Å². The van der Waals surface area contributed by atoms with E-state index in [9.17, 15) is 4.79 Å². The maximum Gasteiger partial charge on any atom is 0.196 e. The Hall–Kier alpha value is -0.570. The first-order valence-corrected chi connectivity index (χ1v) is 2.91. The van der Waals surface area contributed by atoms with Gasteiger partial charge in [0.1, 0.15) is 5.17 Å². The van der Waals surface area contributed by atoms with Crippen LogP contribution in [0.5, 0.6) is 0 Å². The van der Waals surface area contributed by atoms with Crippen LogP contribution in [0.4, 0.5) is 0 Å². The van der Waals surface area contributed by atoms with E-state index in [1.165, 1.54) is 0 Å². The molecular weight excluding hydrogens is 142 g/mol. The molecule has 0 spiro atoms. The lowest BCUT2D eigenvalue weighted by molar-refractivity contribution is -0.125. The van der Waals surface area contributed by atoms with Crippen molar-refractivity contribution in [1.82, 2.24) is 0 Å². The molecule has 0 radical (unpaired) electrons. The summed E-state index contributed by atoms with van der Waals surface area (Å²) in [6, 6.07) is 0. The summed E-state index contributed by atoms with van der Waals surface area (Å²) in [6.07, 6.45) is 1.09. The molecule has 0 aliphatic carbocycles. The molecule has 1 aliphatic rings. The Labute approximate surface area is 57.6 Å². The molecule has 1 heterocycles. The fourth-order valence-electron chi connectivity index (χ4n) is 0.571. The van der Waals surface area contributed by atoms with Gasteiger partial charge in [-0.1, -0.05) is 16.8 Å². The minimum atomic E-state index is -0.808. The summed E-state index contributed by atoms with van der Waals surface area (Å²) >= 11 is 5.44. The normalized spacial score (nSPS) is 33.3. The molecule has 4 heteroatoms. The maximum absolute atomic E-state index is 10.2. The van der Waals surface area contributed by atoms with Crippen molar-refractivity contribution in [2.45, 2.75) is 18.9 Å². The maximum atomic E-state index is 10.2. The van der Waals surface area contributed by atoms with Gasteiger partial charge in [-0.25, -0.2) is 0 Å². The van der Waals surface area contributed by atoms with E-state index >= 15 is 0 Å². The molecular formula is C5H6ClNO2. The van der Waals surface area contributed by atoms with Crippen molar-refractivity contribution in [2.24, 2.45) is 5.16 Å². The van der Waals surface area contributed by atoms with E-state index in [1.54, 1.807) is 6.92 Å². The molecule has 1 rings (SSSR count). The second-order valence-corrected chi connectivity index (χ2v) is 2.60. The summed E-state index contributed by atoms with van der Waals surface area (Å²) in [6.45, 7) is 1.64. The predicted octanol–water partition coefficient (Wildman–Crippen LogP) is 0.917. The Bertz CT molecular complexity index is 168. The van der Waals surface area contributed by atoms with Crippen molar-refractivity contribution < 1.29 is 9.63 Å². The number of halogens is 1. The lowest BCUT2D eigenvalue weighted by Crippen LogP contribution is -2.25. The second kappa shape index (κ2) is 1.99. The highest BCUT2D eigenvalue weighted by atomic mass is 35.5. The molecule has 0 bridgehead atoms. The standard InChI is InChI=1S/C5H6ClNO2/c1-5(3-8)2-4(6)7-9-5/h3H,2H2,1H3. The van der Waals surface area contributed by atoms with E-state index < -0.39 is 5.60 Å². The molecule has 0 fully saturated rings. The van der Waals surface area contributed by atoms with Crippen LogP contribution in [0.15, 0.2) is 5.16 Å². The van der Waals surface area contributed by atoms with E-state index in [2.05, 4.69) is 9.99 Å². The molecule has 0 aromatic rings. The quantitative estimate of drug-likeness (QED) is 0.518. The summed E-state index contributed by atoms with van der Waals surface area (Å²) in [7, 11) is 0. The molecule has 0 aromatic carbocycles. The Balaban J connectivity index is 2.63. The first-order chi connectivity index (χ1) is 4.16.